The molecule has 114 valence electrons. The van der Waals surface area contributed by atoms with E-state index in [9.17, 15) is 14.7 Å². The van der Waals surface area contributed by atoms with E-state index in [1.807, 2.05) is 31.2 Å². The van der Waals surface area contributed by atoms with Crippen molar-refractivity contribution in [2.45, 2.75) is 20.8 Å². The second-order valence-corrected chi connectivity index (χ2v) is 5.61. The lowest BCUT2D eigenvalue weighted by atomic mass is 10.0. The first kappa shape index (κ1) is 15.8. The molecule has 0 aliphatic rings. The van der Waals surface area contributed by atoms with Crippen LogP contribution < -0.4 is 5.32 Å². The van der Waals surface area contributed by atoms with Crippen LogP contribution in [0.1, 0.15) is 29.8 Å². The summed E-state index contributed by atoms with van der Waals surface area (Å²) < 4.78 is 0. The van der Waals surface area contributed by atoms with Crippen LogP contribution in [0.5, 0.6) is 0 Å². The van der Waals surface area contributed by atoms with Gasteiger partial charge in [-0.15, -0.1) is 0 Å². The predicted octanol–water partition coefficient (Wildman–Crippen LogP) is 3.95. The Balaban J connectivity index is 2.45. The van der Waals surface area contributed by atoms with Crippen LogP contribution >= 0.6 is 0 Å². The number of carboxylic acids is 1. The average Bonchev–Trinajstić information content (AvgIpc) is 2.47. The van der Waals surface area contributed by atoms with E-state index in [2.05, 4.69) is 5.32 Å². The van der Waals surface area contributed by atoms with E-state index in [4.69, 9.17) is 0 Å². The Kier molecular flexibility index (Phi) is 4.61. The minimum Gasteiger partial charge on any atom is -0.478 e. The van der Waals surface area contributed by atoms with E-state index in [-0.39, 0.29) is 17.4 Å². The average molecular weight is 297 g/mol. The summed E-state index contributed by atoms with van der Waals surface area (Å²) in [6.07, 6.45) is 0. The number of carbonyl (C=O) groups excluding carboxylic acids is 1. The van der Waals surface area contributed by atoms with Gasteiger partial charge in [-0.05, 0) is 36.2 Å². The van der Waals surface area contributed by atoms with Crippen molar-refractivity contribution in [3.05, 3.63) is 53.6 Å². The molecule has 0 atom stereocenters. The number of anilines is 1. The fourth-order valence-electron chi connectivity index (χ4n) is 2.02. The molecule has 0 unspecified atom stereocenters. The standard InChI is InChI=1S/C18H19NO3/c1-11(2)17(20)19-16-9-14(8-15(10-16)18(21)22)13-6-4-12(3)5-7-13/h4-11H,1-3H3,(H,19,20)(H,21,22). The van der Waals surface area contributed by atoms with Crippen molar-refractivity contribution in [2.75, 3.05) is 5.32 Å². The first-order valence-electron chi connectivity index (χ1n) is 7.13. The Bertz CT molecular complexity index is 703. The summed E-state index contributed by atoms with van der Waals surface area (Å²) in [6.45, 7) is 5.57. The van der Waals surface area contributed by atoms with E-state index in [0.29, 0.717) is 5.69 Å². The highest BCUT2D eigenvalue weighted by molar-refractivity contribution is 5.96. The fraction of sp³-hybridized carbons (Fsp3) is 0.222. The van der Waals surface area contributed by atoms with Gasteiger partial charge in [0.2, 0.25) is 5.91 Å². The monoisotopic (exact) mass is 297 g/mol. The summed E-state index contributed by atoms with van der Waals surface area (Å²) in [5.74, 6) is -1.33. The van der Waals surface area contributed by atoms with E-state index >= 15 is 0 Å². The molecule has 22 heavy (non-hydrogen) atoms. The van der Waals surface area contributed by atoms with Gasteiger partial charge in [0.15, 0.2) is 0 Å². The highest BCUT2D eigenvalue weighted by atomic mass is 16.4. The van der Waals surface area contributed by atoms with E-state index in [1.165, 1.54) is 6.07 Å². The molecule has 0 aromatic heterocycles. The number of rotatable bonds is 4. The summed E-state index contributed by atoms with van der Waals surface area (Å²) in [4.78, 5) is 23.1. The van der Waals surface area contributed by atoms with Gasteiger partial charge in [-0.3, -0.25) is 4.79 Å². The lowest BCUT2D eigenvalue weighted by Gasteiger charge is -2.11. The molecule has 0 saturated carbocycles. The SMILES string of the molecule is Cc1ccc(-c2cc(NC(=O)C(C)C)cc(C(=O)O)c2)cc1. The molecule has 1 amide bonds. The number of carboxylic acid groups (broad SMARTS) is 1. The fourth-order valence-corrected chi connectivity index (χ4v) is 2.02. The van der Waals surface area contributed by atoms with Crippen LogP contribution in [0.25, 0.3) is 11.1 Å². The quantitative estimate of drug-likeness (QED) is 0.897. The van der Waals surface area contributed by atoms with Crippen molar-refractivity contribution in [1.82, 2.24) is 0 Å². The van der Waals surface area contributed by atoms with Gasteiger partial charge in [-0.2, -0.15) is 0 Å². The van der Waals surface area contributed by atoms with Crippen LogP contribution in [-0.4, -0.2) is 17.0 Å². The molecule has 0 radical (unpaired) electrons. The number of carbonyl (C=O) groups is 2. The summed E-state index contributed by atoms with van der Waals surface area (Å²) in [7, 11) is 0. The molecule has 0 aliphatic carbocycles. The van der Waals surface area contributed by atoms with Gasteiger partial charge in [-0.1, -0.05) is 43.7 Å². The molecule has 2 rings (SSSR count). The number of aryl methyl sites for hydroxylation is 1. The predicted molar refractivity (Wildman–Crippen MR) is 87.0 cm³/mol. The second kappa shape index (κ2) is 6.43. The molecule has 0 fully saturated rings. The third kappa shape index (κ3) is 3.73. The number of hydrogen-bond donors (Lipinski definition) is 2. The van der Waals surface area contributed by atoms with Gasteiger partial charge in [0.1, 0.15) is 0 Å². The first-order chi connectivity index (χ1) is 10.4. The third-order valence-corrected chi connectivity index (χ3v) is 3.36. The Morgan fingerprint density at radius 3 is 2.18 bits per heavy atom. The summed E-state index contributed by atoms with van der Waals surface area (Å²) in [5.41, 5.74) is 3.45. The van der Waals surface area contributed by atoms with Crippen molar-refractivity contribution in [3.8, 4) is 11.1 Å². The lowest BCUT2D eigenvalue weighted by molar-refractivity contribution is -0.118. The Morgan fingerprint density at radius 2 is 1.64 bits per heavy atom. The molecule has 2 aromatic rings. The van der Waals surface area contributed by atoms with Crippen LogP contribution in [0.2, 0.25) is 0 Å². The maximum absolute atomic E-state index is 11.8. The second-order valence-electron chi connectivity index (χ2n) is 5.61. The van der Waals surface area contributed by atoms with Gasteiger partial charge >= 0.3 is 5.97 Å². The van der Waals surface area contributed by atoms with Gasteiger partial charge in [0.25, 0.3) is 0 Å². The molecule has 0 aliphatic heterocycles. The zero-order valence-corrected chi connectivity index (χ0v) is 12.9. The zero-order chi connectivity index (χ0) is 16.3. The summed E-state index contributed by atoms with van der Waals surface area (Å²) in [5, 5.41) is 12.0. The van der Waals surface area contributed by atoms with Crippen LogP contribution in [0.15, 0.2) is 42.5 Å². The Hall–Kier alpha value is -2.62. The largest absolute Gasteiger partial charge is 0.478 e. The number of benzene rings is 2. The zero-order valence-electron chi connectivity index (χ0n) is 12.9. The lowest BCUT2D eigenvalue weighted by Crippen LogP contribution is -2.18. The van der Waals surface area contributed by atoms with Crippen LogP contribution in [0.3, 0.4) is 0 Å². The van der Waals surface area contributed by atoms with E-state index < -0.39 is 5.97 Å². The molecule has 4 nitrogen and oxygen atoms in total. The van der Waals surface area contributed by atoms with Gasteiger partial charge < -0.3 is 10.4 Å². The molecule has 2 N–H and O–H groups in total. The van der Waals surface area contributed by atoms with Crippen molar-refractivity contribution in [2.24, 2.45) is 5.92 Å². The van der Waals surface area contributed by atoms with Gasteiger partial charge in [0.05, 0.1) is 5.56 Å². The van der Waals surface area contributed by atoms with Crippen molar-refractivity contribution < 1.29 is 14.7 Å². The maximum atomic E-state index is 11.8. The minimum atomic E-state index is -1.02. The highest BCUT2D eigenvalue weighted by Gasteiger charge is 2.12. The van der Waals surface area contributed by atoms with Crippen LogP contribution in [-0.2, 0) is 4.79 Å². The van der Waals surface area contributed by atoms with Gasteiger partial charge in [0, 0.05) is 11.6 Å². The summed E-state index contributed by atoms with van der Waals surface area (Å²) >= 11 is 0. The molecule has 2 aromatic carbocycles. The summed E-state index contributed by atoms with van der Waals surface area (Å²) in [6, 6.07) is 12.7. The molecular formula is C18H19NO3. The van der Waals surface area contributed by atoms with E-state index in [1.54, 1.807) is 26.0 Å². The third-order valence-electron chi connectivity index (χ3n) is 3.36. The van der Waals surface area contributed by atoms with E-state index in [0.717, 1.165) is 16.7 Å². The van der Waals surface area contributed by atoms with Crippen LogP contribution in [0.4, 0.5) is 5.69 Å². The normalized spacial score (nSPS) is 10.5. The molecule has 0 spiro atoms. The molecule has 0 heterocycles. The maximum Gasteiger partial charge on any atom is 0.335 e. The Morgan fingerprint density at radius 1 is 1.00 bits per heavy atom. The number of amides is 1. The van der Waals surface area contributed by atoms with Crippen molar-refractivity contribution in [1.29, 1.82) is 0 Å². The van der Waals surface area contributed by atoms with Crippen molar-refractivity contribution >= 4 is 17.6 Å². The smallest absolute Gasteiger partial charge is 0.335 e. The van der Waals surface area contributed by atoms with Crippen LogP contribution in [0, 0.1) is 12.8 Å². The Labute approximate surface area is 129 Å². The topological polar surface area (TPSA) is 66.4 Å². The minimum absolute atomic E-state index is 0.141. The number of hydrogen-bond acceptors (Lipinski definition) is 2. The molecule has 0 bridgehead atoms. The number of nitrogens with one attached hydrogen (secondary N) is 1. The highest BCUT2D eigenvalue weighted by Crippen LogP contribution is 2.25. The number of aromatic carboxylic acids is 1. The molecule has 4 heteroatoms. The van der Waals surface area contributed by atoms with Crippen molar-refractivity contribution in [3.63, 3.8) is 0 Å². The first-order valence-corrected chi connectivity index (χ1v) is 7.13. The molecule has 0 saturated heterocycles. The van der Waals surface area contributed by atoms with Gasteiger partial charge in [-0.25, -0.2) is 4.79 Å². The molecular weight excluding hydrogens is 278 g/mol.